The maximum absolute atomic E-state index is 2.34. The third kappa shape index (κ3) is 7.40. The molecular weight excluding hydrogens is 593 g/mol. The zero-order valence-corrected chi connectivity index (χ0v) is 28.3. The molecule has 7 aromatic rings. The Balaban J connectivity index is 1.08. The van der Waals surface area contributed by atoms with Gasteiger partial charge < -0.3 is 9.80 Å². The highest BCUT2D eigenvalue weighted by Crippen LogP contribution is 2.37. The van der Waals surface area contributed by atoms with Gasteiger partial charge in [-0.05, 0) is 133 Å². The number of hydrogen-bond acceptors (Lipinski definition) is 2. The first-order valence-corrected chi connectivity index (χ1v) is 16.8. The highest BCUT2D eigenvalue weighted by atomic mass is 15.1. The van der Waals surface area contributed by atoms with Crippen molar-refractivity contribution in [2.24, 2.45) is 0 Å². The Bertz CT molecular complexity index is 2100. The number of anilines is 6. The number of aryl methyl sites for hydroxylation is 3. The molecule has 0 atom stereocenters. The van der Waals surface area contributed by atoms with Gasteiger partial charge in [0.15, 0.2) is 0 Å². The average Bonchev–Trinajstić information content (AvgIpc) is 3.13. The monoisotopic (exact) mass is 632 g/mol. The van der Waals surface area contributed by atoms with E-state index in [0.717, 1.165) is 34.0 Å². The van der Waals surface area contributed by atoms with E-state index in [0.29, 0.717) is 0 Å². The molecule has 49 heavy (non-hydrogen) atoms. The Hall–Kier alpha value is -6.12. The van der Waals surface area contributed by atoms with Crippen LogP contribution in [0.5, 0.6) is 0 Å². The third-order valence-electron chi connectivity index (χ3n) is 8.74. The maximum atomic E-state index is 2.34. The molecule has 0 fully saturated rings. The van der Waals surface area contributed by atoms with E-state index in [-0.39, 0.29) is 0 Å². The minimum Gasteiger partial charge on any atom is -0.311 e. The van der Waals surface area contributed by atoms with Gasteiger partial charge in [0.2, 0.25) is 0 Å². The van der Waals surface area contributed by atoms with Crippen LogP contribution in [0.25, 0.3) is 23.3 Å². The average molecular weight is 633 g/mol. The van der Waals surface area contributed by atoms with Gasteiger partial charge in [-0.15, -0.1) is 0 Å². The Morgan fingerprint density at radius 3 is 1.20 bits per heavy atom. The van der Waals surface area contributed by atoms with Gasteiger partial charge in [-0.25, -0.2) is 0 Å². The van der Waals surface area contributed by atoms with Crippen LogP contribution in [-0.2, 0) is 0 Å². The fourth-order valence-corrected chi connectivity index (χ4v) is 6.41. The predicted molar refractivity (Wildman–Crippen MR) is 211 cm³/mol. The quantitative estimate of drug-likeness (QED) is 0.146. The summed E-state index contributed by atoms with van der Waals surface area (Å²) in [6.45, 7) is 6.47. The molecule has 0 aromatic heterocycles. The first kappa shape index (κ1) is 31.5. The predicted octanol–water partition coefficient (Wildman–Crippen LogP) is 13.4. The van der Waals surface area contributed by atoms with E-state index >= 15 is 0 Å². The van der Waals surface area contributed by atoms with E-state index in [9.17, 15) is 0 Å². The summed E-state index contributed by atoms with van der Waals surface area (Å²) in [6.07, 6.45) is 4.37. The third-order valence-corrected chi connectivity index (χ3v) is 8.74. The largest absolute Gasteiger partial charge is 0.311 e. The molecule has 7 aromatic carbocycles. The summed E-state index contributed by atoms with van der Waals surface area (Å²) in [5.74, 6) is 0. The molecule has 0 saturated carbocycles. The van der Waals surface area contributed by atoms with Gasteiger partial charge in [0.1, 0.15) is 0 Å². The molecule has 0 saturated heterocycles. The van der Waals surface area contributed by atoms with E-state index in [4.69, 9.17) is 0 Å². The van der Waals surface area contributed by atoms with Crippen LogP contribution in [0.4, 0.5) is 34.1 Å². The Labute approximate surface area is 290 Å². The van der Waals surface area contributed by atoms with Crippen LogP contribution in [0.15, 0.2) is 176 Å². The summed E-state index contributed by atoms with van der Waals surface area (Å²) >= 11 is 0. The topological polar surface area (TPSA) is 6.48 Å². The molecule has 2 heteroatoms. The van der Waals surface area contributed by atoms with Gasteiger partial charge in [0, 0.05) is 34.1 Å². The van der Waals surface area contributed by atoms with Crippen molar-refractivity contribution in [3.63, 3.8) is 0 Å². The summed E-state index contributed by atoms with van der Waals surface area (Å²) < 4.78 is 0. The Kier molecular flexibility index (Phi) is 9.21. The van der Waals surface area contributed by atoms with E-state index in [2.05, 4.69) is 219 Å². The Morgan fingerprint density at radius 2 is 0.694 bits per heavy atom. The smallest absolute Gasteiger partial charge is 0.0466 e. The number of hydrogen-bond donors (Lipinski definition) is 0. The zero-order chi connectivity index (χ0) is 33.6. The number of benzene rings is 7. The minimum atomic E-state index is 1.13. The molecule has 238 valence electrons. The second-order valence-corrected chi connectivity index (χ2v) is 12.6. The molecule has 0 bridgehead atoms. The molecule has 2 nitrogen and oxygen atoms in total. The molecule has 7 rings (SSSR count). The van der Waals surface area contributed by atoms with Crippen molar-refractivity contribution < 1.29 is 0 Å². The van der Waals surface area contributed by atoms with Crippen molar-refractivity contribution in [3.8, 4) is 11.1 Å². The van der Waals surface area contributed by atoms with Crippen LogP contribution in [0.1, 0.15) is 27.8 Å². The standard InChI is InChI=1S/C47H40N2/c1-35-11-10-16-46(32-35)49(47-33-36(2)31-37(3)34-47)44-27-21-39(22-28-44)18-17-38-19-23-40(24-20-38)41-25-29-45(30-26-41)48(42-12-6-4-7-13-42)43-14-8-5-9-15-43/h4-34H,1-3H3. The molecule has 0 N–H and O–H groups in total. The van der Waals surface area contributed by atoms with Crippen LogP contribution in [0, 0.1) is 20.8 Å². The molecule has 0 aliphatic carbocycles. The Morgan fingerprint density at radius 1 is 0.306 bits per heavy atom. The van der Waals surface area contributed by atoms with Crippen molar-refractivity contribution in [1.29, 1.82) is 0 Å². The lowest BCUT2D eigenvalue weighted by Crippen LogP contribution is -2.10. The fraction of sp³-hybridized carbons (Fsp3) is 0.0638. The van der Waals surface area contributed by atoms with Gasteiger partial charge in [-0.2, -0.15) is 0 Å². The fourth-order valence-electron chi connectivity index (χ4n) is 6.41. The van der Waals surface area contributed by atoms with E-state index < -0.39 is 0 Å². The maximum Gasteiger partial charge on any atom is 0.0466 e. The lowest BCUT2D eigenvalue weighted by Gasteiger charge is -2.26. The van der Waals surface area contributed by atoms with Crippen molar-refractivity contribution in [2.45, 2.75) is 20.8 Å². The lowest BCUT2D eigenvalue weighted by molar-refractivity contribution is 1.24. The van der Waals surface area contributed by atoms with Gasteiger partial charge in [0.25, 0.3) is 0 Å². The van der Waals surface area contributed by atoms with Crippen molar-refractivity contribution >= 4 is 46.3 Å². The highest BCUT2D eigenvalue weighted by Gasteiger charge is 2.14. The van der Waals surface area contributed by atoms with Crippen LogP contribution >= 0.6 is 0 Å². The van der Waals surface area contributed by atoms with Gasteiger partial charge in [-0.1, -0.05) is 115 Å². The molecule has 0 radical (unpaired) electrons. The molecule has 0 aliphatic heterocycles. The number of nitrogens with zero attached hydrogens (tertiary/aromatic N) is 2. The first-order chi connectivity index (χ1) is 24.0. The number of para-hydroxylation sites is 2. The van der Waals surface area contributed by atoms with Crippen molar-refractivity contribution in [1.82, 2.24) is 0 Å². The second kappa shape index (κ2) is 14.3. The first-order valence-electron chi connectivity index (χ1n) is 16.8. The summed E-state index contributed by atoms with van der Waals surface area (Å²) in [4.78, 5) is 4.63. The summed E-state index contributed by atoms with van der Waals surface area (Å²) in [6, 6.07) is 62.9. The van der Waals surface area contributed by atoms with Crippen molar-refractivity contribution in [2.75, 3.05) is 9.80 Å². The molecule has 0 unspecified atom stereocenters. The van der Waals surface area contributed by atoms with Gasteiger partial charge in [-0.3, -0.25) is 0 Å². The van der Waals surface area contributed by atoms with Crippen molar-refractivity contribution in [3.05, 3.63) is 204 Å². The van der Waals surface area contributed by atoms with Crippen LogP contribution in [-0.4, -0.2) is 0 Å². The van der Waals surface area contributed by atoms with Gasteiger partial charge in [0.05, 0.1) is 0 Å². The molecule has 0 amide bonds. The van der Waals surface area contributed by atoms with Crippen LogP contribution in [0.2, 0.25) is 0 Å². The molecule has 0 heterocycles. The number of rotatable bonds is 9. The van der Waals surface area contributed by atoms with E-state index in [1.807, 2.05) is 0 Å². The molecule has 0 spiro atoms. The zero-order valence-electron chi connectivity index (χ0n) is 28.3. The molecular formula is C47H40N2. The summed E-state index contributed by atoms with van der Waals surface area (Å²) in [5, 5.41) is 0. The SMILES string of the molecule is Cc1cccc(N(c2ccc(C=Cc3ccc(-c4ccc(N(c5ccccc5)c5ccccc5)cc4)cc3)cc2)c2cc(C)cc(C)c2)c1. The van der Waals surface area contributed by atoms with Gasteiger partial charge >= 0.3 is 0 Å². The summed E-state index contributed by atoms with van der Waals surface area (Å²) in [5.41, 5.74) is 15.3. The minimum absolute atomic E-state index is 1.13. The highest BCUT2D eigenvalue weighted by molar-refractivity contribution is 5.80. The van der Waals surface area contributed by atoms with Crippen LogP contribution in [0.3, 0.4) is 0 Å². The molecule has 0 aliphatic rings. The van der Waals surface area contributed by atoms with Crippen LogP contribution < -0.4 is 9.80 Å². The van der Waals surface area contributed by atoms with E-state index in [1.54, 1.807) is 0 Å². The second-order valence-electron chi connectivity index (χ2n) is 12.6. The van der Waals surface area contributed by atoms with E-state index in [1.165, 1.54) is 39.1 Å². The normalized spacial score (nSPS) is 11.1. The summed E-state index contributed by atoms with van der Waals surface area (Å²) in [7, 11) is 0. The lowest BCUT2D eigenvalue weighted by atomic mass is 10.0.